The molecule has 0 bridgehead atoms. The van der Waals surface area contributed by atoms with Crippen molar-refractivity contribution in [2.75, 3.05) is 32.0 Å². The lowest BCUT2D eigenvalue weighted by Gasteiger charge is -2.07. The molecule has 4 N–H and O–H groups in total. The molecule has 6 nitrogen and oxygen atoms in total. The van der Waals surface area contributed by atoms with Gasteiger partial charge in [0.25, 0.3) is 5.91 Å². The highest BCUT2D eigenvalue weighted by Crippen LogP contribution is 2.04. The topological polar surface area (TPSA) is 93.5 Å². The standard InChI is InChI=1S/C15H23N3O3/c1-2-9-21-10-3-8-17-14(19)11-18-15(20)12-4-6-13(16)7-5-12/h4-7H,2-3,8-11,16H2,1H3,(H,17,19)(H,18,20). The maximum atomic E-state index is 11.8. The number of hydrogen-bond donors (Lipinski definition) is 3. The zero-order valence-corrected chi connectivity index (χ0v) is 12.4. The number of nitrogen functional groups attached to an aromatic ring is 1. The third-order valence-electron chi connectivity index (χ3n) is 2.72. The Kier molecular flexibility index (Phi) is 7.89. The van der Waals surface area contributed by atoms with Crippen molar-refractivity contribution in [2.45, 2.75) is 19.8 Å². The first-order chi connectivity index (χ1) is 10.1. The molecule has 1 aromatic carbocycles. The van der Waals surface area contributed by atoms with Crippen LogP contribution in [0.15, 0.2) is 24.3 Å². The Balaban J connectivity index is 2.15. The molecule has 0 spiro atoms. The minimum atomic E-state index is -0.295. The van der Waals surface area contributed by atoms with Crippen molar-refractivity contribution in [3.8, 4) is 0 Å². The van der Waals surface area contributed by atoms with Crippen molar-refractivity contribution in [1.29, 1.82) is 0 Å². The molecular formula is C15H23N3O3. The van der Waals surface area contributed by atoms with Crippen molar-refractivity contribution in [3.63, 3.8) is 0 Å². The highest BCUT2D eigenvalue weighted by Gasteiger charge is 2.07. The van der Waals surface area contributed by atoms with Gasteiger partial charge in [0.1, 0.15) is 0 Å². The Hall–Kier alpha value is -2.08. The molecule has 0 aromatic heterocycles. The lowest BCUT2D eigenvalue weighted by atomic mass is 10.2. The summed E-state index contributed by atoms with van der Waals surface area (Å²) in [6.07, 6.45) is 1.75. The second-order valence-corrected chi connectivity index (χ2v) is 4.62. The summed E-state index contributed by atoms with van der Waals surface area (Å²) in [5.74, 6) is -0.509. The third kappa shape index (κ3) is 7.31. The van der Waals surface area contributed by atoms with Crippen LogP contribution in [0.2, 0.25) is 0 Å². The first-order valence-corrected chi connectivity index (χ1v) is 7.11. The second kappa shape index (κ2) is 9.77. The van der Waals surface area contributed by atoms with Crippen molar-refractivity contribution in [2.24, 2.45) is 0 Å². The van der Waals surface area contributed by atoms with Crippen LogP contribution < -0.4 is 16.4 Å². The van der Waals surface area contributed by atoms with E-state index < -0.39 is 0 Å². The van der Waals surface area contributed by atoms with Crippen LogP contribution >= 0.6 is 0 Å². The van der Waals surface area contributed by atoms with E-state index in [4.69, 9.17) is 10.5 Å². The van der Waals surface area contributed by atoms with Crippen molar-refractivity contribution in [1.82, 2.24) is 10.6 Å². The SMILES string of the molecule is CCCOCCCNC(=O)CNC(=O)c1ccc(N)cc1. The van der Waals surface area contributed by atoms with E-state index >= 15 is 0 Å². The first-order valence-electron chi connectivity index (χ1n) is 7.11. The van der Waals surface area contributed by atoms with Gasteiger partial charge in [0.15, 0.2) is 0 Å². The zero-order valence-electron chi connectivity index (χ0n) is 12.4. The van der Waals surface area contributed by atoms with Gasteiger partial charge in [-0.1, -0.05) is 6.92 Å². The number of nitrogens with two attached hydrogens (primary N) is 1. The number of benzene rings is 1. The molecule has 2 amide bonds. The predicted octanol–water partition coefficient (Wildman–Crippen LogP) is 0.932. The number of nitrogens with one attached hydrogen (secondary N) is 2. The van der Waals surface area contributed by atoms with Crippen LogP contribution in [0.3, 0.4) is 0 Å². The van der Waals surface area contributed by atoms with E-state index in [1.165, 1.54) is 0 Å². The second-order valence-electron chi connectivity index (χ2n) is 4.62. The van der Waals surface area contributed by atoms with E-state index in [1.807, 2.05) is 6.92 Å². The fourth-order valence-electron chi connectivity index (χ4n) is 1.61. The summed E-state index contributed by atoms with van der Waals surface area (Å²) in [5.41, 5.74) is 6.61. The average Bonchev–Trinajstić information content (AvgIpc) is 2.49. The van der Waals surface area contributed by atoms with Crippen LogP contribution in [0.1, 0.15) is 30.1 Å². The summed E-state index contributed by atoms with van der Waals surface area (Å²) < 4.78 is 5.30. The van der Waals surface area contributed by atoms with E-state index in [-0.39, 0.29) is 18.4 Å². The number of carbonyl (C=O) groups excluding carboxylic acids is 2. The van der Waals surface area contributed by atoms with Crippen LogP contribution in [0.4, 0.5) is 5.69 Å². The molecule has 0 unspecified atom stereocenters. The molecule has 0 fully saturated rings. The fourth-order valence-corrected chi connectivity index (χ4v) is 1.61. The first kappa shape index (κ1) is 17.0. The summed E-state index contributed by atoms with van der Waals surface area (Å²) in [6.45, 7) is 3.92. The zero-order chi connectivity index (χ0) is 15.5. The van der Waals surface area contributed by atoms with Gasteiger partial charge < -0.3 is 21.1 Å². The van der Waals surface area contributed by atoms with E-state index in [0.717, 1.165) is 19.4 Å². The number of amides is 2. The van der Waals surface area contributed by atoms with Gasteiger partial charge in [-0.15, -0.1) is 0 Å². The molecule has 21 heavy (non-hydrogen) atoms. The number of rotatable bonds is 9. The Morgan fingerprint density at radius 2 is 1.86 bits per heavy atom. The molecule has 0 heterocycles. The predicted molar refractivity (Wildman–Crippen MR) is 81.9 cm³/mol. The van der Waals surface area contributed by atoms with Gasteiger partial charge in [-0.05, 0) is 37.1 Å². The van der Waals surface area contributed by atoms with Crippen molar-refractivity contribution < 1.29 is 14.3 Å². The number of carbonyl (C=O) groups is 2. The molecule has 0 aliphatic heterocycles. The Labute approximate surface area is 125 Å². The smallest absolute Gasteiger partial charge is 0.251 e. The largest absolute Gasteiger partial charge is 0.399 e. The van der Waals surface area contributed by atoms with Crippen LogP contribution in [-0.2, 0) is 9.53 Å². The normalized spacial score (nSPS) is 10.1. The molecule has 0 atom stereocenters. The Morgan fingerprint density at radius 3 is 2.52 bits per heavy atom. The maximum Gasteiger partial charge on any atom is 0.251 e. The Morgan fingerprint density at radius 1 is 1.14 bits per heavy atom. The summed E-state index contributed by atoms with van der Waals surface area (Å²) in [6, 6.07) is 6.53. The van der Waals surface area contributed by atoms with Crippen molar-refractivity contribution >= 4 is 17.5 Å². The molecule has 0 saturated carbocycles. The molecule has 6 heteroatoms. The fraction of sp³-hybridized carbons (Fsp3) is 0.467. The molecule has 0 radical (unpaired) electrons. The summed E-state index contributed by atoms with van der Waals surface area (Å²) >= 11 is 0. The van der Waals surface area contributed by atoms with E-state index in [9.17, 15) is 9.59 Å². The minimum absolute atomic E-state index is 0.0426. The molecule has 0 aliphatic carbocycles. The quantitative estimate of drug-likeness (QED) is 0.466. The van der Waals surface area contributed by atoms with Gasteiger partial charge >= 0.3 is 0 Å². The third-order valence-corrected chi connectivity index (χ3v) is 2.72. The van der Waals surface area contributed by atoms with Gasteiger partial charge in [-0.25, -0.2) is 0 Å². The summed E-state index contributed by atoms with van der Waals surface area (Å²) in [5, 5.41) is 5.28. The monoisotopic (exact) mass is 293 g/mol. The van der Waals surface area contributed by atoms with Gasteiger partial charge in [-0.3, -0.25) is 9.59 Å². The number of anilines is 1. The van der Waals surface area contributed by atoms with Gasteiger partial charge in [0.05, 0.1) is 6.54 Å². The molecular weight excluding hydrogens is 270 g/mol. The van der Waals surface area contributed by atoms with Crippen molar-refractivity contribution in [3.05, 3.63) is 29.8 Å². The molecule has 1 aromatic rings. The van der Waals surface area contributed by atoms with Crippen LogP contribution in [-0.4, -0.2) is 38.1 Å². The number of ether oxygens (including phenoxy) is 1. The lowest BCUT2D eigenvalue weighted by molar-refractivity contribution is -0.120. The van der Waals surface area contributed by atoms with Gasteiger partial charge in [-0.2, -0.15) is 0 Å². The van der Waals surface area contributed by atoms with Crippen LogP contribution in [0.5, 0.6) is 0 Å². The van der Waals surface area contributed by atoms with E-state index in [2.05, 4.69) is 10.6 Å². The molecule has 0 aliphatic rings. The van der Waals surface area contributed by atoms with Gasteiger partial charge in [0.2, 0.25) is 5.91 Å². The maximum absolute atomic E-state index is 11.8. The van der Waals surface area contributed by atoms with Gasteiger partial charge in [0, 0.05) is 31.0 Å². The summed E-state index contributed by atoms with van der Waals surface area (Å²) in [7, 11) is 0. The highest BCUT2D eigenvalue weighted by molar-refractivity contribution is 5.96. The van der Waals surface area contributed by atoms with Crippen LogP contribution in [0.25, 0.3) is 0 Å². The Bertz CT molecular complexity index is 446. The summed E-state index contributed by atoms with van der Waals surface area (Å²) in [4.78, 5) is 23.3. The van der Waals surface area contributed by atoms with E-state index in [1.54, 1.807) is 24.3 Å². The highest BCUT2D eigenvalue weighted by atomic mass is 16.5. The minimum Gasteiger partial charge on any atom is -0.399 e. The van der Waals surface area contributed by atoms with E-state index in [0.29, 0.717) is 24.4 Å². The molecule has 116 valence electrons. The average molecular weight is 293 g/mol. The lowest BCUT2D eigenvalue weighted by Crippen LogP contribution is -2.37. The molecule has 1 rings (SSSR count). The molecule has 0 saturated heterocycles. The van der Waals surface area contributed by atoms with Crippen LogP contribution in [0, 0.1) is 0 Å². The number of hydrogen-bond acceptors (Lipinski definition) is 4.